The molecular formula is C24H40N2O2. The van der Waals surface area contributed by atoms with Gasteiger partial charge >= 0.3 is 0 Å². The Hall–Kier alpha value is -0.900. The van der Waals surface area contributed by atoms with Crippen molar-refractivity contribution >= 4 is 11.7 Å². The summed E-state index contributed by atoms with van der Waals surface area (Å²) in [6, 6.07) is 0. The smallest absolute Gasteiger partial charge is 0.226 e. The van der Waals surface area contributed by atoms with Crippen LogP contribution in [-0.2, 0) is 9.59 Å². The van der Waals surface area contributed by atoms with Gasteiger partial charge in [-0.2, -0.15) is 0 Å². The molecule has 0 radical (unpaired) electrons. The van der Waals surface area contributed by atoms with Crippen LogP contribution in [0.15, 0.2) is 0 Å². The van der Waals surface area contributed by atoms with Crippen molar-refractivity contribution in [1.82, 2.24) is 10.2 Å². The van der Waals surface area contributed by atoms with Gasteiger partial charge in [0.05, 0.1) is 0 Å². The number of nitrogens with zero attached hydrogens (tertiary/aromatic N) is 1. The van der Waals surface area contributed by atoms with Crippen molar-refractivity contribution in [2.75, 3.05) is 27.2 Å². The summed E-state index contributed by atoms with van der Waals surface area (Å²) in [6.07, 6.45) is 9.82. The van der Waals surface area contributed by atoms with Crippen molar-refractivity contribution in [3.8, 4) is 0 Å². The van der Waals surface area contributed by atoms with Crippen LogP contribution in [0.5, 0.6) is 0 Å². The van der Waals surface area contributed by atoms with Gasteiger partial charge < -0.3 is 10.2 Å². The molecule has 4 aliphatic carbocycles. The molecule has 4 heteroatoms. The average Bonchev–Trinajstić information content (AvgIpc) is 2.78. The van der Waals surface area contributed by atoms with Crippen molar-refractivity contribution in [2.24, 2.45) is 33.5 Å². The van der Waals surface area contributed by atoms with Crippen LogP contribution in [-0.4, -0.2) is 43.8 Å². The molecule has 6 atom stereocenters. The lowest BCUT2D eigenvalue weighted by Gasteiger charge is -2.64. The Morgan fingerprint density at radius 1 is 1.07 bits per heavy atom. The number of amides is 1. The van der Waals surface area contributed by atoms with E-state index in [9.17, 15) is 9.59 Å². The van der Waals surface area contributed by atoms with Crippen LogP contribution >= 0.6 is 0 Å². The van der Waals surface area contributed by atoms with E-state index in [1.54, 1.807) is 0 Å². The molecule has 4 rings (SSSR count). The quantitative estimate of drug-likeness (QED) is 0.791. The Kier molecular flexibility index (Phi) is 4.77. The number of Topliss-reactive ketones (excluding diaryl/α,β-unsaturated/α-hetero) is 1. The van der Waals surface area contributed by atoms with Gasteiger partial charge in [-0.15, -0.1) is 0 Å². The molecule has 4 saturated carbocycles. The Labute approximate surface area is 171 Å². The standard InChI is InChI=1S/C24H40N2O2/c1-21-11-7-18-22(2)9-6-10-23(3,20(28)25-13-14-26(4)5)17(22)8-12-24(18,16-21)15-19(21)27/h17-18H,6-16H2,1-5H3,(H,25,28)/t17-,18-,21-,22+,23+,24-/m0/s1. The van der Waals surface area contributed by atoms with Gasteiger partial charge in [-0.1, -0.05) is 27.2 Å². The second kappa shape index (κ2) is 6.55. The average molecular weight is 389 g/mol. The fourth-order valence-corrected chi connectivity index (χ4v) is 8.37. The summed E-state index contributed by atoms with van der Waals surface area (Å²) in [4.78, 5) is 28.3. The summed E-state index contributed by atoms with van der Waals surface area (Å²) in [5.74, 6) is 1.86. The third-order valence-electron chi connectivity index (χ3n) is 9.72. The van der Waals surface area contributed by atoms with Gasteiger partial charge in [0.25, 0.3) is 0 Å². The lowest BCUT2D eigenvalue weighted by Crippen LogP contribution is -2.60. The number of carbonyl (C=O) groups is 2. The normalized spacial score (nSPS) is 47.6. The zero-order valence-corrected chi connectivity index (χ0v) is 18.7. The van der Waals surface area contributed by atoms with Gasteiger partial charge in [0.2, 0.25) is 5.91 Å². The fraction of sp³-hybridized carbons (Fsp3) is 0.917. The molecule has 0 aliphatic heterocycles. The summed E-state index contributed by atoms with van der Waals surface area (Å²) < 4.78 is 0. The van der Waals surface area contributed by atoms with Crippen LogP contribution in [0.4, 0.5) is 0 Å². The van der Waals surface area contributed by atoms with Crippen molar-refractivity contribution in [2.45, 2.75) is 78.6 Å². The molecule has 0 unspecified atom stereocenters. The molecule has 28 heavy (non-hydrogen) atoms. The number of rotatable bonds is 4. The minimum Gasteiger partial charge on any atom is -0.354 e. The first kappa shape index (κ1) is 20.4. The van der Waals surface area contributed by atoms with E-state index < -0.39 is 0 Å². The highest BCUT2D eigenvalue weighted by Gasteiger charge is 2.67. The van der Waals surface area contributed by atoms with E-state index in [1.165, 1.54) is 12.8 Å². The van der Waals surface area contributed by atoms with Gasteiger partial charge in [0.15, 0.2) is 0 Å². The number of fused-ring (bicyclic) bond motifs is 3. The lowest BCUT2D eigenvalue weighted by molar-refractivity contribution is -0.170. The highest BCUT2D eigenvalue weighted by atomic mass is 16.2. The maximum Gasteiger partial charge on any atom is 0.226 e. The number of nitrogens with one attached hydrogen (secondary N) is 1. The van der Waals surface area contributed by atoms with E-state index in [0.29, 0.717) is 17.6 Å². The summed E-state index contributed by atoms with van der Waals surface area (Å²) >= 11 is 0. The molecule has 0 saturated heterocycles. The molecule has 2 bridgehead atoms. The van der Waals surface area contributed by atoms with Crippen LogP contribution in [0.2, 0.25) is 0 Å². The predicted octanol–water partition coefficient (Wildman–Crippen LogP) is 4.04. The zero-order valence-electron chi connectivity index (χ0n) is 18.7. The Balaban J connectivity index is 1.59. The number of hydrogen-bond acceptors (Lipinski definition) is 3. The maximum atomic E-state index is 13.3. The molecule has 0 heterocycles. The van der Waals surface area contributed by atoms with E-state index in [0.717, 1.165) is 58.0 Å². The summed E-state index contributed by atoms with van der Waals surface area (Å²) in [7, 11) is 4.09. The predicted molar refractivity (Wildman–Crippen MR) is 112 cm³/mol. The molecule has 4 aliphatic rings. The second-order valence-corrected chi connectivity index (χ2v) is 11.7. The molecule has 0 aromatic heterocycles. The van der Waals surface area contributed by atoms with Crippen LogP contribution in [0.1, 0.15) is 78.6 Å². The van der Waals surface area contributed by atoms with Crippen LogP contribution in [0.3, 0.4) is 0 Å². The van der Waals surface area contributed by atoms with Crippen molar-refractivity contribution in [3.05, 3.63) is 0 Å². The molecule has 1 N–H and O–H groups in total. The minimum atomic E-state index is -0.260. The fourth-order valence-electron chi connectivity index (χ4n) is 8.37. The van der Waals surface area contributed by atoms with Gasteiger partial charge in [-0.25, -0.2) is 0 Å². The Bertz CT molecular complexity index is 676. The molecule has 4 nitrogen and oxygen atoms in total. The van der Waals surface area contributed by atoms with Crippen LogP contribution in [0, 0.1) is 33.5 Å². The van der Waals surface area contributed by atoms with E-state index >= 15 is 0 Å². The van der Waals surface area contributed by atoms with Crippen molar-refractivity contribution in [3.63, 3.8) is 0 Å². The second-order valence-electron chi connectivity index (χ2n) is 11.7. The van der Waals surface area contributed by atoms with Crippen molar-refractivity contribution < 1.29 is 9.59 Å². The highest BCUT2D eigenvalue weighted by Crippen LogP contribution is 2.72. The zero-order chi connectivity index (χ0) is 20.4. The number of hydrogen-bond donors (Lipinski definition) is 1. The first-order valence-electron chi connectivity index (χ1n) is 11.5. The van der Waals surface area contributed by atoms with Crippen LogP contribution < -0.4 is 5.32 Å². The Morgan fingerprint density at radius 2 is 1.79 bits per heavy atom. The van der Waals surface area contributed by atoms with Gasteiger partial charge in [-0.05, 0) is 81.7 Å². The number of ketones is 1. The van der Waals surface area contributed by atoms with E-state index in [4.69, 9.17) is 0 Å². The topological polar surface area (TPSA) is 49.4 Å². The molecule has 1 spiro atoms. The summed E-state index contributed by atoms with van der Waals surface area (Å²) in [5.41, 5.74) is 0.122. The molecule has 1 amide bonds. The van der Waals surface area contributed by atoms with E-state index in [-0.39, 0.29) is 27.6 Å². The Morgan fingerprint density at radius 3 is 2.50 bits per heavy atom. The van der Waals surface area contributed by atoms with Gasteiger partial charge in [0.1, 0.15) is 5.78 Å². The summed E-state index contributed by atoms with van der Waals surface area (Å²) in [5, 5.41) is 3.26. The van der Waals surface area contributed by atoms with Gasteiger partial charge in [-0.3, -0.25) is 9.59 Å². The first-order valence-corrected chi connectivity index (χ1v) is 11.5. The van der Waals surface area contributed by atoms with Gasteiger partial charge in [0, 0.05) is 30.3 Å². The summed E-state index contributed by atoms with van der Waals surface area (Å²) in [6.45, 7) is 8.56. The molecule has 4 fully saturated rings. The SMILES string of the molecule is CN(C)CCNC(=O)[C@]1(C)CCC[C@@]2(C)[C@@H]3CC[C@@]4(C)C[C@]3(CC[C@@H]21)CC4=O. The van der Waals surface area contributed by atoms with Crippen molar-refractivity contribution in [1.29, 1.82) is 0 Å². The largest absolute Gasteiger partial charge is 0.354 e. The number of carbonyl (C=O) groups excluding carboxylic acids is 2. The van der Waals surface area contributed by atoms with Crippen LogP contribution in [0.25, 0.3) is 0 Å². The lowest BCUT2D eigenvalue weighted by atomic mass is 9.40. The molecule has 158 valence electrons. The third kappa shape index (κ3) is 2.80. The first-order chi connectivity index (χ1) is 13.1. The molecule has 0 aromatic carbocycles. The number of likely N-dealkylation sites (N-methyl/N-ethyl adjacent to an activating group) is 1. The third-order valence-corrected chi connectivity index (χ3v) is 9.72. The monoisotopic (exact) mass is 388 g/mol. The highest BCUT2D eigenvalue weighted by molar-refractivity contribution is 5.88. The minimum absolute atomic E-state index is 0.0543. The maximum absolute atomic E-state index is 13.3. The van der Waals surface area contributed by atoms with E-state index in [1.807, 2.05) is 14.1 Å². The molecule has 0 aromatic rings. The molecular weight excluding hydrogens is 348 g/mol. The van der Waals surface area contributed by atoms with E-state index in [2.05, 4.69) is 31.0 Å².